The van der Waals surface area contributed by atoms with Gasteiger partial charge in [-0.3, -0.25) is 14.4 Å². The van der Waals surface area contributed by atoms with Crippen LogP contribution in [0, 0.1) is 0 Å². The number of carbonyl (C=O) groups is 3. The average molecular weight is 1100 g/mol. The minimum Gasteiger partial charge on any atom is -0.462 e. The molecule has 0 heterocycles. The molecule has 0 amide bonds. The van der Waals surface area contributed by atoms with Gasteiger partial charge in [-0.25, -0.2) is 0 Å². The molecule has 6 nitrogen and oxygen atoms in total. The second kappa shape index (κ2) is 67.1. The lowest BCUT2D eigenvalue weighted by Gasteiger charge is -2.18. The van der Waals surface area contributed by atoms with Crippen LogP contribution in [0.1, 0.15) is 342 Å². The van der Waals surface area contributed by atoms with Crippen molar-refractivity contribution in [2.24, 2.45) is 0 Å². The van der Waals surface area contributed by atoms with Crippen molar-refractivity contribution in [3.8, 4) is 0 Å². The van der Waals surface area contributed by atoms with E-state index in [9.17, 15) is 14.4 Å². The first-order valence-corrected chi connectivity index (χ1v) is 34.1. The van der Waals surface area contributed by atoms with Crippen molar-refractivity contribution in [3.63, 3.8) is 0 Å². The molecule has 1 atom stereocenters. The van der Waals surface area contributed by atoms with Gasteiger partial charge in [0.15, 0.2) is 6.10 Å². The Labute approximate surface area is 490 Å². The van der Waals surface area contributed by atoms with E-state index in [4.69, 9.17) is 14.2 Å². The highest BCUT2D eigenvalue weighted by molar-refractivity contribution is 5.71. The lowest BCUT2D eigenvalue weighted by atomic mass is 10.0. The fraction of sp³-hybridized carbons (Fsp3) is 0.767. The lowest BCUT2D eigenvalue weighted by Crippen LogP contribution is -2.30. The Morgan fingerprint density at radius 1 is 0.266 bits per heavy atom. The highest BCUT2D eigenvalue weighted by atomic mass is 16.6. The van der Waals surface area contributed by atoms with E-state index in [1.165, 1.54) is 205 Å². The van der Waals surface area contributed by atoms with E-state index in [0.717, 1.165) is 89.9 Å². The highest BCUT2D eigenvalue weighted by Gasteiger charge is 2.19. The van der Waals surface area contributed by atoms with Crippen LogP contribution in [0.4, 0.5) is 0 Å². The van der Waals surface area contributed by atoms with E-state index in [2.05, 4.69) is 99.8 Å². The molecular weight excluding hydrogens is 973 g/mol. The van der Waals surface area contributed by atoms with E-state index in [1.807, 2.05) is 6.08 Å². The zero-order valence-electron chi connectivity index (χ0n) is 52.4. The number of esters is 3. The van der Waals surface area contributed by atoms with Gasteiger partial charge in [-0.15, -0.1) is 0 Å². The average Bonchev–Trinajstić information content (AvgIpc) is 3.45. The minimum absolute atomic E-state index is 0.107. The molecule has 0 fully saturated rings. The first-order valence-electron chi connectivity index (χ1n) is 34.1. The van der Waals surface area contributed by atoms with Crippen molar-refractivity contribution < 1.29 is 28.6 Å². The number of hydrogen-bond donors (Lipinski definition) is 0. The van der Waals surface area contributed by atoms with Gasteiger partial charge in [0.2, 0.25) is 0 Å². The first-order chi connectivity index (χ1) is 39.0. The van der Waals surface area contributed by atoms with Gasteiger partial charge < -0.3 is 14.2 Å². The molecule has 0 saturated carbocycles. The monoisotopic (exact) mass is 1100 g/mol. The van der Waals surface area contributed by atoms with Crippen LogP contribution in [0.5, 0.6) is 0 Å². The summed E-state index contributed by atoms with van der Waals surface area (Å²) in [6.45, 7) is 6.49. The van der Waals surface area contributed by atoms with Crippen molar-refractivity contribution in [1.29, 1.82) is 0 Å². The Balaban J connectivity index is 4.31. The van der Waals surface area contributed by atoms with E-state index in [-0.39, 0.29) is 37.5 Å². The number of unbranched alkanes of at least 4 members (excludes halogenated alkanes) is 37. The number of allylic oxidation sites excluding steroid dienone is 14. The van der Waals surface area contributed by atoms with E-state index >= 15 is 0 Å². The second-order valence-corrected chi connectivity index (χ2v) is 22.7. The highest BCUT2D eigenvalue weighted by Crippen LogP contribution is 2.18. The normalized spacial score (nSPS) is 12.6. The van der Waals surface area contributed by atoms with Crippen LogP contribution in [0.2, 0.25) is 0 Å². The molecule has 0 rings (SSSR count). The summed E-state index contributed by atoms with van der Waals surface area (Å²) in [6.07, 6.45) is 89.2. The Hall–Kier alpha value is -3.41. The molecule has 0 radical (unpaired) electrons. The predicted molar refractivity (Wildman–Crippen MR) is 344 cm³/mol. The third kappa shape index (κ3) is 65.3. The Morgan fingerprint density at radius 2 is 0.519 bits per heavy atom. The van der Waals surface area contributed by atoms with Crippen molar-refractivity contribution in [2.45, 2.75) is 348 Å². The molecule has 0 aromatic rings. The van der Waals surface area contributed by atoms with Crippen LogP contribution in [0.25, 0.3) is 0 Å². The van der Waals surface area contributed by atoms with Gasteiger partial charge in [0, 0.05) is 19.3 Å². The molecule has 0 saturated heterocycles. The largest absolute Gasteiger partial charge is 0.462 e. The van der Waals surface area contributed by atoms with Gasteiger partial charge in [-0.1, -0.05) is 324 Å². The predicted octanol–water partition coefficient (Wildman–Crippen LogP) is 23.4. The maximum atomic E-state index is 12.9. The zero-order chi connectivity index (χ0) is 57.1. The third-order valence-electron chi connectivity index (χ3n) is 14.9. The van der Waals surface area contributed by atoms with Crippen molar-refractivity contribution >= 4 is 17.9 Å². The van der Waals surface area contributed by atoms with Crippen LogP contribution < -0.4 is 0 Å². The summed E-state index contributed by atoms with van der Waals surface area (Å²) in [5.41, 5.74) is 0. The van der Waals surface area contributed by atoms with Crippen molar-refractivity contribution in [3.05, 3.63) is 85.1 Å². The maximum absolute atomic E-state index is 12.9. The van der Waals surface area contributed by atoms with Gasteiger partial charge in [0.25, 0.3) is 0 Å². The van der Waals surface area contributed by atoms with E-state index in [0.29, 0.717) is 19.3 Å². The fourth-order valence-corrected chi connectivity index (χ4v) is 9.82. The van der Waals surface area contributed by atoms with Gasteiger partial charge in [-0.05, 0) is 83.5 Å². The van der Waals surface area contributed by atoms with E-state index in [1.54, 1.807) is 0 Å². The molecule has 456 valence electrons. The topological polar surface area (TPSA) is 78.9 Å². The molecule has 0 aromatic heterocycles. The number of ether oxygens (including phenoxy) is 3. The summed E-state index contributed by atoms with van der Waals surface area (Å²) in [4.78, 5) is 38.3. The van der Waals surface area contributed by atoms with Gasteiger partial charge in [-0.2, -0.15) is 0 Å². The fourth-order valence-electron chi connectivity index (χ4n) is 9.82. The molecule has 6 heteroatoms. The summed E-state index contributed by atoms with van der Waals surface area (Å²) in [6, 6.07) is 0. The molecule has 0 bridgehead atoms. The summed E-state index contributed by atoms with van der Waals surface area (Å²) in [7, 11) is 0. The molecule has 79 heavy (non-hydrogen) atoms. The Morgan fingerprint density at radius 3 is 0.823 bits per heavy atom. The summed E-state index contributed by atoms with van der Waals surface area (Å²) >= 11 is 0. The van der Waals surface area contributed by atoms with E-state index < -0.39 is 6.10 Å². The second-order valence-electron chi connectivity index (χ2n) is 22.7. The SMILES string of the molecule is CC/C=C\C/C=C\C/C=C\C/C=C\C/C=C\C/C=C\CCC(=O)OC(COC(=O)CCCCCCC/C=C\CCCCCCC)COC(=O)CCCCCCCCCCCCCCCCCCCCCCCCCCCCCC. The van der Waals surface area contributed by atoms with Crippen LogP contribution >= 0.6 is 0 Å². The smallest absolute Gasteiger partial charge is 0.306 e. The number of rotatable bonds is 62. The zero-order valence-corrected chi connectivity index (χ0v) is 52.4. The maximum Gasteiger partial charge on any atom is 0.306 e. The van der Waals surface area contributed by atoms with Gasteiger partial charge >= 0.3 is 17.9 Å². The molecule has 1 unspecified atom stereocenters. The number of carbonyl (C=O) groups excluding carboxylic acids is 3. The van der Waals surface area contributed by atoms with Crippen molar-refractivity contribution in [2.75, 3.05) is 13.2 Å². The molecule has 0 aliphatic heterocycles. The third-order valence-corrected chi connectivity index (χ3v) is 14.9. The lowest BCUT2D eigenvalue weighted by molar-refractivity contribution is -0.166. The number of hydrogen-bond acceptors (Lipinski definition) is 6. The van der Waals surface area contributed by atoms with Crippen LogP contribution in [0.3, 0.4) is 0 Å². The molecule has 0 aromatic carbocycles. The molecule has 0 spiro atoms. The molecule has 0 aliphatic carbocycles. The minimum atomic E-state index is -0.821. The van der Waals surface area contributed by atoms with Gasteiger partial charge in [0.1, 0.15) is 13.2 Å². The summed E-state index contributed by atoms with van der Waals surface area (Å²) in [5.74, 6) is -0.986. The Bertz CT molecular complexity index is 1500. The molecular formula is C73H128O6. The standard InChI is InChI=1S/C73H128O6/c1-4-7-10-13-16-19-22-25-28-30-32-33-34-35-36-37-38-39-40-42-43-45-48-51-54-57-60-63-66-72(75)78-69-70(68-77-71(74)65-62-59-56-53-50-47-27-24-21-18-15-12-9-6-3)79-73(76)67-64-61-58-55-52-49-46-44-41-31-29-26-23-20-17-14-11-8-5-2/h8,11,17,20,24,26-27,29,41,44,49,52,58,61,70H,4-7,9-10,12-16,18-19,21-23,25,28,30-40,42-43,45-48,50-51,53-57,59-60,62-69H2,1-3H3/b11-8-,20-17-,27-24-,29-26-,44-41-,52-49-,61-58-. The summed E-state index contributed by atoms with van der Waals surface area (Å²) < 4.78 is 16.9. The molecule has 0 N–H and O–H groups in total. The van der Waals surface area contributed by atoms with Gasteiger partial charge in [0.05, 0.1) is 0 Å². The first kappa shape index (κ1) is 75.6. The van der Waals surface area contributed by atoms with Crippen LogP contribution in [0.15, 0.2) is 85.1 Å². The van der Waals surface area contributed by atoms with Crippen molar-refractivity contribution in [1.82, 2.24) is 0 Å². The molecule has 0 aliphatic rings. The quantitative estimate of drug-likeness (QED) is 0.0261. The summed E-state index contributed by atoms with van der Waals surface area (Å²) in [5, 5.41) is 0. The van der Waals surface area contributed by atoms with Crippen LogP contribution in [-0.4, -0.2) is 37.2 Å². The Kier molecular flexibility index (Phi) is 64.2. The van der Waals surface area contributed by atoms with Crippen LogP contribution in [-0.2, 0) is 28.6 Å².